The summed E-state index contributed by atoms with van der Waals surface area (Å²) in [5.41, 5.74) is 2.18. The van der Waals surface area contributed by atoms with Gasteiger partial charge < -0.3 is 10.2 Å². The molecule has 1 aromatic carbocycles. The van der Waals surface area contributed by atoms with E-state index in [0.717, 1.165) is 38.0 Å². The van der Waals surface area contributed by atoms with Crippen LogP contribution in [0, 0.1) is 0 Å². The second-order valence-corrected chi connectivity index (χ2v) is 10.5. The third-order valence-electron chi connectivity index (χ3n) is 6.09. The minimum absolute atomic E-state index is 0.0191. The smallest absolute Gasteiger partial charge is 0.253 e. The van der Waals surface area contributed by atoms with Gasteiger partial charge in [-0.1, -0.05) is 0 Å². The van der Waals surface area contributed by atoms with E-state index in [9.17, 15) is 18.0 Å². The maximum atomic E-state index is 13.0. The number of nitrogens with zero attached hydrogens (tertiary/aromatic N) is 3. The highest BCUT2D eigenvalue weighted by molar-refractivity contribution is 7.92. The van der Waals surface area contributed by atoms with Crippen molar-refractivity contribution in [2.24, 2.45) is 0 Å². The van der Waals surface area contributed by atoms with Crippen LogP contribution in [-0.2, 0) is 21.2 Å². The number of hydrogen-bond acceptors (Lipinski definition) is 5. The summed E-state index contributed by atoms with van der Waals surface area (Å²) in [6.45, 7) is 5.38. The molecule has 9 heteroatoms. The molecule has 30 heavy (non-hydrogen) atoms. The van der Waals surface area contributed by atoms with Crippen molar-refractivity contribution in [1.29, 1.82) is 0 Å². The maximum Gasteiger partial charge on any atom is 0.253 e. The molecule has 0 bridgehead atoms. The lowest BCUT2D eigenvalue weighted by Crippen LogP contribution is -2.49. The minimum atomic E-state index is -3.34. The lowest BCUT2D eigenvalue weighted by Gasteiger charge is -2.34. The van der Waals surface area contributed by atoms with E-state index in [1.54, 1.807) is 12.1 Å². The molecule has 0 radical (unpaired) electrons. The zero-order chi connectivity index (χ0) is 21.5. The number of fused-ring (bicyclic) bond motifs is 1. The first-order chi connectivity index (χ1) is 14.2. The Balaban J connectivity index is 1.32. The number of sulfonamides is 1. The third-order valence-corrected chi connectivity index (χ3v) is 7.37. The summed E-state index contributed by atoms with van der Waals surface area (Å²) in [7, 11) is -3.34. The van der Waals surface area contributed by atoms with Crippen molar-refractivity contribution in [3.8, 4) is 0 Å². The first kappa shape index (κ1) is 21.1. The number of piperazine rings is 1. The first-order valence-electron chi connectivity index (χ1n) is 10.7. The van der Waals surface area contributed by atoms with Crippen LogP contribution < -0.4 is 9.62 Å². The van der Waals surface area contributed by atoms with E-state index in [2.05, 4.69) is 10.2 Å². The SMILES string of the molecule is C[C@@H]1Cc2cc(C(=O)N3CCN(CCC(=O)NC4CC4)CC3)ccc2N1S(C)(=O)=O. The fraction of sp³-hybridized carbons (Fsp3) is 0.619. The molecule has 1 aliphatic carbocycles. The normalized spacial score (nSPS) is 22.1. The molecule has 3 aliphatic rings. The highest BCUT2D eigenvalue weighted by atomic mass is 32.2. The standard InChI is InChI=1S/C21H30N4O4S/c1-15-13-17-14-16(3-6-19(17)25(15)30(2,28)29)21(27)24-11-9-23(10-12-24)8-7-20(26)22-18-4-5-18/h3,6,14-15,18H,4-5,7-13H2,1-2H3,(H,22,26)/t15-/m1/s1. The van der Waals surface area contributed by atoms with Gasteiger partial charge in [-0.2, -0.15) is 0 Å². The molecule has 164 valence electrons. The molecule has 4 rings (SSSR count). The zero-order valence-electron chi connectivity index (χ0n) is 17.6. The molecule has 1 saturated carbocycles. The lowest BCUT2D eigenvalue weighted by atomic mass is 10.1. The highest BCUT2D eigenvalue weighted by Gasteiger charge is 2.33. The second-order valence-electron chi connectivity index (χ2n) is 8.68. The molecule has 1 aromatic rings. The molecule has 8 nitrogen and oxygen atoms in total. The molecule has 0 aromatic heterocycles. The van der Waals surface area contributed by atoms with Gasteiger partial charge in [0.1, 0.15) is 0 Å². The maximum absolute atomic E-state index is 13.0. The Hall–Kier alpha value is -2.13. The Labute approximate surface area is 178 Å². The van der Waals surface area contributed by atoms with Crippen LogP contribution in [0.15, 0.2) is 18.2 Å². The van der Waals surface area contributed by atoms with E-state index < -0.39 is 10.0 Å². The highest BCUT2D eigenvalue weighted by Crippen LogP contribution is 2.35. The van der Waals surface area contributed by atoms with Crippen molar-refractivity contribution in [2.45, 2.75) is 44.7 Å². The monoisotopic (exact) mass is 434 g/mol. The van der Waals surface area contributed by atoms with Crippen molar-refractivity contribution < 1.29 is 18.0 Å². The van der Waals surface area contributed by atoms with E-state index in [0.29, 0.717) is 43.2 Å². The number of amides is 2. The van der Waals surface area contributed by atoms with Gasteiger partial charge in [-0.25, -0.2) is 8.42 Å². The van der Waals surface area contributed by atoms with Gasteiger partial charge in [-0.05, 0) is 49.9 Å². The summed E-state index contributed by atoms with van der Waals surface area (Å²) in [5.74, 6) is 0.0981. The fourth-order valence-corrected chi connectivity index (χ4v) is 5.65. The van der Waals surface area contributed by atoms with Crippen LogP contribution in [0.3, 0.4) is 0 Å². The van der Waals surface area contributed by atoms with Crippen LogP contribution in [0.4, 0.5) is 5.69 Å². The summed E-state index contributed by atoms with van der Waals surface area (Å²) in [6, 6.07) is 5.58. The number of benzene rings is 1. The van der Waals surface area contributed by atoms with Gasteiger partial charge in [0.05, 0.1) is 11.9 Å². The average Bonchev–Trinajstić information content (AvgIpc) is 3.43. The first-order valence-corrected chi connectivity index (χ1v) is 12.5. The molecule has 2 amide bonds. The predicted molar refractivity (Wildman–Crippen MR) is 115 cm³/mol. The molecule has 2 aliphatic heterocycles. The minimum Gasteiger partial charge on any atom is -0.353 e. The number of nitrogens with one attached hydrogen (secondary N) is 1. The molecule has 0 spiro atoms. The van der Waals surface area contributed by atoms with Crippen molar-refractivity contribution in [3.63, 3.8) is 0 Å². The number of rotatable bonds is 6. The second kappa shape index (κ2) is 8.19. The number of hydrogen-bond donors (Lipinski definition) is 1. The Bertz CT molecular complexity index is 936. The molecule has 2 heterocycles. The summed E-state index contributed by atoms with van der Waals surface area (Å²) < 4.78 is 25.6. The quantitative estimate of drug-likeness (QED) is 0.716. The van der Waals surface area contributed by atoms with Crippen molar-refractivity contribution in [1.82, 2.24) is 15.1 Å². The Morgan fingerprint density at radius 2 is 1.83 bits per heavy atom. The van der Waals surface area contributed by atoms with E-state index in [1.165, 1.54) is 10.6 Å². The zero-order valence-corrected chi connectivity index (χ0v) is 18.5. The summed E-state index contributed by atoms with van der Waals surface area (Å²) >= 11 is 0. The van der Waals surface area contributed by atoms with Gasteiger partial charge in [-0.15, -0.1) is 0 Å². The molecule has 2 fully saturated rings. The predicted octanol–water partition coefficient (Wildman–Crippen LogP) is 0.824. The van der Waals surface area contributed by atoms with E-state index in [-0.39, 0.29) is 17.9 Å². The summed E-state index contributed by atoms with van der Waals surface area (Å²) in [5, 5.41) is 3.01. The third kappa shape index (κ3) is 4.62. The Morgan fingerprint density at radius 1 is 1.13 bits per heavy atom. The van der Waals surface area contributed by atoms with Crippen LogP contribution in [-0.4, -0.2) is 81.1 Å². The molecule has 1 saturated heterocycles. The average molecular weight is 435 g/mol. The van der Waals surface area contributed by atoms with Crippen LogP contribution >= 0.6 is 0 Å². The number of anilines is 1. The lowest BCUT2D eigenvalue weighted by molar-refractivity contribution is -0.121. The van der Waals surface area contributed by atoms with E-state index in [4.69, 9.17) is 0 Å². The number of carbonyl (C=O) groups is 2. The van der Waals surface area contributed by atoms with Gasteiger partial charge in [0.2, 0.25) is 15.9 Å². The van der Waals surface area contributed by atoms with Crippen LogP contribution in [0.25, 0.3) is 0 Å². The Morgan fingerprint density at radius 3 is 2.47 bits per heavy atom. The number of carbonyl (C=O) groups excluding carboxylic acids is 2. The molecular formula is C21H30N4O4S. The van der Waals surface area contributed by atoms with Gasteiger partial charge in [0.25, 0.3) is 5.91 Å². The van der Waals surface area contributed by atoms with Gasteiger partial charge in [-0.3, -0.25) is 18.8 Å². The van der Waals surface area contributed by atoms with Crippen molar-refractivity contribution in [3.05, 3.63) is 29.3 Å². The van der Waals surface area contributed by atoms with Gasteiger partial charge in [0, 0.05) is 56.8 Å². The molecule has 1 N–H and O–H groups in total. The van der Waals surface area contributed by atoms with Crippen LogP contribution in [0.2, 0.25) is 0 Å². The topological polar surface area (TPSA) is 90.0 Å². The van der Waals surface area contributed by atoms with E-state index in [1.807, 2.05) is 17.9 Å². The van der Waals surface area contributed by atoms with Crippen molar-refractivity contribution >= 4 is 27.5 Å². The van der Waals surface area contributed by atoms with Gasteiger partial charge in [0.15, 0.2) is 0 Å². The van der Waals surface area contributed by atoms with E-state index >= 15 is 0 Å². The fourth-order valence-electron chi connectivity index (χ4n) is 4.39. The summed E-state index contributed by atoms with van der Waals surface area (Å²) in [4.78, 5) is 28.9. The molecule has 1 atom stereocenters. The Kier molecular flexibility index (Phi) is 5.76. The van der Waals surface area contributed by atoms with Gasteiger partial charge >= 0.3 is 0 Å². The van der Waals surface area contributed by atoms with Crippen LogP contribution in [0.5, 0.6) is 0 Å². The molecule has 0 unspecified atom stereocenters. The molecular weight excluding hydrogens is 404 g/mol. The van der Waals surface area contributed by atoms with Crippen molar-refractivity contribution in [2.75, 3.05) is 43.3 Å². The largest absolute Gasteiger partial charge is 0.353 e. The van der Waals surface area contributed by atoms with Crippen LogP contribution in [0.1, 0.15) is 42.1 Å². The summed E-state index contributed by atoms with van der Waals surface area (Å²) in [6.07, 6.45) is 4.53.